The van der Waals surface area contributed by atoms with Crippen molar-refractivity contribution in [3.63, 3.8) is 0 Å². The van der Waals surface area contributed by atoms with E-state index in [2.05, 4.69) is 16.2 Å². The number of thioether (sulfide) groups is 1. The Balaban J connectivity index is 1.66. The molecule has 0 spiro atoms. The predicted octanol–water partition coefficient (Wildman–Crippen LogP) is 3.13. The van der Waals surface area contributed by atoms with E-state index in [0.29, 0.717) is 21.3 Å². The molecule has 2 aromatic rings. The van der Waals surface area contributed by atoms with Crippen molar-refractivity contribution in [2.45, 2.75) is 0 Å². The minimum atomic E-state index is -0.480. The molecule has 0 aliphatic rings. The van der Waals surface area contributed by atoms with Crippen LogP contribution >= 0.6 is 35.0 Å². The lowest BCUT2D eigenvalue weighted by Gasteiger charge is -2.08. The molecule has 0 saturated carbocycles. The maximum Gasteiger partial charge on any atom is 0.269 e. The van der Waals surface area contributed by atoms with Crippen LogP contribution in [-0.2, 0) is 9.59 Å². The zero-order valence-electron chi connectivity index (χ0n) is 13.4. The van der Waals surface area contributed by atoms with Gasteiger partial charge < -0.3 is 5.32 Å². The minimum Gasteiger partial charge on any atom is -0.325 e. The minimum absolute atomic E-state index is 0.0177. The normalized spacial score (nSPS) is 10.1. The van der Waals surface area contributed by atoms with Crippen molar-refractivity contribution in [1.29, 1.82) is 0 Å². The average Bonchev–Trinajstić information content (AvgIpc) is 2.61. The van der Waals surface area contributed by atoms with Gasteiger partial charge in [0.05, 0.1) is 11.5 Å². The molecule has 6 nitrogen and oxygen atoms in total. The van der Waals surface area contributed by atoms with Gasteiger partial charge in [-0.15, -0.1) is 11.8 Å². The first kappa shape index (κ1) is 20.1. The van der Waals surface area contributed by atoms with Crippen LogP contribution in [0.1, 0.15) is 10.4 Å². The van der Waals surface area contributed by atoms with Gasteiger partial charge in [-0.2, -0.15) is 0 Å². The second-order valence-corrected chi connectivity index (χ2v) is 6.92. The Morgan fingerprint density at radius 3 is 2.23 bits per heavy atom. The van der Waals surface area contributed by atoms with Crippen LogP contribution in [0.5, 0.6) is 0 Å². The number of amides is 3. The third-order valence-corrected chi connectivity index (χ3v) is 4.42. The molecule has 0 aliphatic carbocycles. The molecule has 2 aromatic carbocycles. The Bertz CT molecular complexity index is 800. The number of hydrogen-bond acceptors (Lipinski definition) is 4. The summed E-state index contributed by atoms with van der Waals surface area (Å²) in [5.74, 6) is -1.04. The van der Waals surface area contributed by atoms with Crippen LogP contribution in [0.25, 0.3) is 0 Å². The number of hydrazine groups is 1. The highest BCUT2D eigenvalue weighted by molar-refractivity contribution is 8.00. The summed E-state index contributed by atoms with van der Waals surface area (Å²) >= 11 is 12.7. The van der Waals surface area contributed by atoms with Crippen molar-refractivity contribution in [1.82, 2.24) is 10.9 Å². The lowest BCUT2D eigenvalue weighted by Crippen LogP contribution is -2.42. The van der Waals surface area contributed by atoms with Gasteiger partial charge in [0, 0.05) is 21.3 Å². The standard InChI is InChI=1S/C17H15Cl2N3O3S/c18-12-4-6-14(7-5-12)20-15(23)9-26-10-16(24)21-22-17(25)11-2-1-3-13(19)8-11/h1-8H,9-10H2,(H,20,23)(H,21,24)(H,22,25). The van der Waals surface area contributed by atoms with E-state index in [1.165, 1.54) is 6.07 Å². The number of carbonyl (C=O) groups is 3. The van der Waals surface area contributed by atoms with E-state index in [4.69, 9.17) is 23.2 Å². The maximum atomic E-state index is 11.8. The molecule has 3 N–H and O–H groups in total. The smallest absolute Gasteiger partial charge is 0.269 e. The topological polar surface area (TPSA) is 87.3 Å². The second-order valence-electron chi connectivity index (χ2n) is 5.06. The number of nitrogens with one attached hydrogen (secondary N) is 3. The van der Waals surface area contributed by atoms with Gasteiger partial charge in [0.2, 0.25) is 11.8 Å². The molecular weight excluding hydrogens is 397 g/mol. The fraction of sp³-hybridized carbons (Fsp3) is 0.118. The van der Waals surface area contributed by atoms with E-state index >= 15 is 0 Å². The van der Waals surface area contributed by atoms with Gasteiger partial charge in [-0.1, -0.05) is 29.3 Å². The molecule has 136 valence electrons. The molecule has 0 fully saturated rings. The lowest BCUT2D eigenvalue weighted by molar-refractivity contribution is -0.119. The lowest BCUT2D eigenvalue weighted by atomic mass is 10.2. The fourth-order valence-electron chi connectivity index (χ4n) is 1.83. The maximum absolute atomic E-state index is 11.8. The number of halogens is 2. The van der Waals surface area contributed by atoms with Crippen molar-refractivity contribution < 1.29 is 14.4 Å². The summed E-state index contributed by atoms with van der Waals surface area (Å²) < 4.78 is 0. The Labute approximate surface area is 164 Å². The first-order valence-electron chi connectivity index (χ1n) is 7.42. The van der Waals surface area contributed by atoms with E-state index in [-0.39, 0.29) is 17.4 Å². The first-order valence-corrected chi connectivity index (χ1v) is 9.33. The highest BCUT2D eigenvalue weighted by Crippen LogP contribution is 2.14. The molecule has 0 bridgehead atoms. The highest BCUT2D eigenvalue weighted by atomic mass is 35.5. The Morgan fingerprint density at radius 1 is 0.846 bits per heavy atom. The van der Waals surface area contributed by atoms with Crippen LogP contribution in [0.15, 0.2) is 48.5 Å². The predicted molar refractivity (Wildman–Crippen MR) is 104 cm³/mol. The molecule has 0 saturated heterocycles. The molecule has 0 unspecified atom stereocenters. The van der Waals surface area contributed by atoms with Crippen molar-refractivity contribution in [2.24, 2.45) is 0 Å². The van der Waals surface area contributed by atoms with E-state index in [0.717, 1.165) is 11.8 Å². The molecule has 0 heterocycles. The Morgan fingerprint density at radius 2 is 1.54 bits per heavy atom. The van der Waals surface area contributed by atoms with Gasteiger partial charge in [0.15, 0.2) is 0 Å². The Kier molecular flexibility index (Phi) is 7.77. The van der Waals surface area contributed by atoms with Crippen molar-refractivity contribution >= 4 is 58.4 Å². The third kappa shape index (κ3) is 6.95. The van der Waals surface area contributed by atoms with Gasteiger partial charge in [-0.3, -0.25) is 25.2 Å². The number of rotatable bonds is 6. The van der Waals surface area contributed by atoms with Crippen molar-refractivity contribution in [3.05, 3.63) is 64.1 Å². The Hall–Kier alpha value is -2.22. The highest BCUT2D eigenvalue weighted by Gasteiger charge is 2.09. The number of anilines is 1. The van der Waals surface area contributed by atoms with Crippen LogP contribution in [-0.4, -0.2) is 29.2 Å². The van der Waals surface area contributed by atoms with Crippen molar-refractivity contribution in [3.8, 4) is 0 Å². The van der Waals surface area contributed by atoms with E-state index in [1.54, 1.807) is 42.5 Å². The monoisotopic (exact) mass is 411 g/mol. The summed E-state index contributed by atoms with van der Waals surface area (Å²) in [6.07, 6.45) is 0. The summed E-state index contributed by atoms with van der Waals surface area (Å²) in [5.41, 5.74) is 5.52. The average molecular weight is 412 g/mol. The zero-order valence-corrected chi connectivity index (χ0v) is 15.8. The van der Waals surface area contributed by atoms with E-state index in [9.17, 15) is 14.4 Å². The van der Waals surface area contributed by atoms with Crippen molar-refractivity contribution in [2.75, 3.05) is 16.8 Å². The summed E-state index contributed by atoms with van der Waals surface area (Å²) in [5, 5.41) is 3.69. The fourth-order valence-corrected chi connectivity index (χ4v) is 2.76. The molecule has 0 atom stereocenters. The second kappa shape index (κ2) is 10.1. The molecule has 2 rings (SSSR count). The van der Waals surface area contributed by atoms with Gasteiger partial charge >= 0.3 is 0 Å². The third-order valence-electron chi connectivity index (χ3n) is 3.00. The number of hydrogen-bond donors (Lipinski definition) is 3. The first-order chi connectivity index (χ1) is 12.4. The van der Waals surface area contributed by atoms with Crippen LogP contribution < -0.4 is 16.2 Å². The summed E-state index contributed by atoms with van der Waals surface area (Å²) in [4.78, 5) is 35.3. The summed E-state index contributed by atoms with van der Waals surface area (Å²) in [6.45, 7) is 0. The van der Waals surface area contributed by atoms with Gasteiger partial charge in [0.25, 0.3) is 5.91 Å². The molecular formula is C17H15Cl2N3O3S. The van der Waals surface area contributed by atoms with Gasteiger partial charge in [-0.05, 0) is 42.5 Å². The molecule has 0 aromatic heterocycles. The van der Waals surface area contributed by atoms with Gasteiger partial charge in [0.1, 0.15) is 0 Å². The number of carbonyl (C=O) groups excluding carboxylic acids is 3. The molecule has 3 amide bonds. The largest absolute Gasteiger partial charge is 0.325 e. The summed E-state index contributed by atoms with van der Waals surface area (Å²) in [7, 11) is 0. The molecule has 9 heteroatoms. The molecule has 0 radical (unpaired) electrons. The van der Waals surface area contributed by atoms with Crippen LogP contribution in [0.3, 0.4) is 0 Å². The molecule has 0 aliphatic heterocycles. The van der Waals surface area contributed by atoms with E-state index < -0.39 is 11.8 Å². The molecule has 26 heavy (non-hydrogen) atoms. The van der Waals surface area contributed by atoms with Crippen LogP contribution in [0.2, 0.25) is 10.0 Å². The van der Waals surface area contributed by atoms with Crippen LogP contribution in [0.4, 0.5) is 5.69 Å². The SMILES string of the molecule is O=C(CSCC(=O)Nc1ccc(Cl)cc1)NNC(=O)c1cccc(Cl)c1. The van der Waals surface area contributed by atoms with Gasteiger partial charge in [-0.25, -0.2) is 0 Å². The van der Waals surface area contributed by atoms with E-state index in [1.807, 2.05) is 0 Å². The quantitative estimate of drug-likeness (QED) is 0.637. The number of benzene rings is 2. The summed E-state index contributed by atoms with van der Waals surface area (Å²) in [6, 6.07) is 13.0. The zero-order chi connectivity index (χ0) is 18.9. The van der Waals surface area contributed by atoms with Crippen LogP contribution in [0, 0.1) is 0 Å².